The summed E-state index contributed by atoms with van der Waals surface area (Å²) < 4.78 is 5.34. The minimum Gasteiger partial charge on any atom is -0.361 e. The maximum absolute atomic E-state index is 12.9. The molecule has 4 rings (SSSR count). The molecule has 2 aromatic heterocycles. The molecule has 1 N–H and O–H groups in total. The lowest BCUT2D eigenvalue weighted by Gasteiger charge is -2.21. The fraction of sp³-hybridized carbons (Fsp3) is 0.400. The van der Waals surface area contributed by atoms with E-state index in [9.17, 15) is 4.79 Å². The van der Waals surface area contributed by atoms with E-state index in [1.54, 1.807) is 6.07 Å². The molecule has 1 amide bonds. The minimum atomic E-state index is -0.0563. The molecule has 25 heavy (non-hydrogen) atoms. The molecule has 1 aromatic carbocycles. The van der Waals surface area contributed by atoms with Crippen molar-refractivity contribution in [1.29, 1.82) is 0 Å². The van der Waals surface area contributed by atoms with E-state index in [4.69, 9.17) is 4.52 Å². The third-order valence-corrected chi connectivity index (χ3v) is 4.61. The van der Waals surface area contributed by atoms with Crippen molar-refractivity contribution in [2.45, 2.75) is 45.7 Å². The topological polar surface area (TPSA) is 62.1 Å². The van der Waals surface area contributed by atoms with Crippen LogP contribution in [0.2, 0.25) is 0 Å². The molecule has 0 aliphatic heterocycles. The highest BCUT2D eigenvalue weighted by atomic mass is 16.5. The van der Waals surface area contributed by atoms with Crippen molar-refractivity contribution in [3.63, 3.8) is 0 Å². The highest BCUT2D eigenvalue weighted by molar-refractivity contribution is 5.92. The Bertz CT molecular complexity index is 889. The summed E-state index contributed by atoms with van der Waals surface area (Å²) in [6, 6.07) is 10.4. The van der Waals surface area contributed by atoms with Gasteiger partial charge in [0.05, 0.1) is 5.69 Å². The van der Waals surface area contributed by atoms with Gasteiger partial charge in [0.15, 0.2) is 0 Å². The molecule has 1 aliphatic carbocycles. The van der Waals surface area contributed by atoms with Crippen LogP contribution in [0.4, 0.5) is 0 Å². The molecule has 5 nitrogen and oxygen atoms in total. The van der Waals surface area contributed by atoms with Gasteiger partial charge in [-0.3, -0.25) is 4.79 Å². The highest BCUT2D eigenvalue weighted by Gasteiger charge is 2.34. The zero-order valence-corrected chi connectivity index (χ0v) is 14.7. The number of amides is 1. The van der Waals surface area contributed by atoms with Crippen LogP contribution >= 0.6 is 0 Å². The molecular weight excluding hydrogens is 314 g/mol. The summed E-state index contributed by atoms with van der Waals surface area (Å²) >= 11 is 0. The van der Waals surface area contributed by atoms with Gasteiger partial charge in [0, 0.05) is 30.4 Å². The predicted molar refractivity (Wildman–Crippen MR) is 96.2 cm³/mol. The van der Waals surface area contributed by atoms with E-state index in [1.807, 2.05) is 11.1 Å². The number of hydrogen-bond donors (Lipinski definition) is 1. The molecule has 1 fully saturated rings. The summed E-state index contributed by atoms with van der Waals surface area (Å²) in [5, 5.41) is 5.22. The van der Waals surface area contributed by atoms with Gasteiger partial charge in [-0.25, -0.2) is 0 Å². The second kappa shape index (κ2) is 6.39. The van der Waals surface area contributed by atoms with Crippen LogP contribution in [0.3, 0.4) is 0 Å². The standard InChI is InChI=1S/C20H23N3O2/c1-13(2)9-16-11-19(25-22-16)20(24)23(17-4-5-17)12-14-3-6-18-15(10-14)7-8-21-18/h3,6-8,10-11,13,17,21H,4-5,9,12H2,1-2H3. The molecule has 5 heteroatoms. The van der Waals surface area contributed by atoms with E-state index in [2.05, 4.69) is 48.3 Å². The van der Waals surface area contributed by atoms with E-state index in [0.29, 0.717) is 24.3 Å². The van der Waals surface area contributed by atoms with E-state index in [-0.39, 0.29) is 5.91 Å². The van der Waals surface area contributed by atoms with Crippen LogP contribution in [0, 0.1) is 5.92 Å². The first-order chi connectivity index (χ1) is 12.1. The van der Waals surface area contributed by atoms with Crippen molar-refractivity contribution in [3.05, 3.63) is 53.5 Å². The van der Waals surface area contributed by atoms with Crippen molar-refractivity contribution in [3.8, 4) is 0 Å². The summed E-state index contributed by atoms with van der Waals surface area (Å²) in [6.07, 6.45) is 4.88. The molecular formula is C20H23N3O2. The van der Waals surface area contributed by atoms with Crippen LogP contribution in [0.25, 0.3) is 10.9 Å². The zero-order valence-electron chi connectivity index (χ0n) is 14.7. The molecule has 3 aromatic rings. The molecule has 0 saturated heterocycles. The normalized spacial score (nSPS) is 14.4. The first-order valence-electron chi connectivity index (χ1n) is 8.93. The summed E-state index contributed by atoms with van der Waals surface area (Å²) in [7, 11) is 0. The Morgan fingerprint density at radius 2 is 2.16 bits per heavy atom. The van der Waals surface area contributed by atoms with Crippen LogP contribution < -0.4 is 0 Å². The molecule has 130 valence electrons. The first kappa shape index (κ1) is 15.9. The summed E-state index contributed by atoms with van der Waals surface area (Å²) in [5.41, 5.74) is 3.10. The number of fused-ring (bicyclic) bond motifs is 1. The van der Waals surface area contributed by atoms with Gasteiger partial charge >= 0.3 is 0 Å². The lowest BCUT2D eigenvalue weighted by atomic mass is 10.1. The van der Waals surface area contributed by atoms with E-state index >= 15 is 0 Å². The van der Waals surface area contributed by atoms with Gasteiger partial charge in [-0.2, -0.15) is 0 Å². The molecule has 0 spiro atoms. The molecule has 0 bridgehead atoms. The van der Waals surface area contributed by atoms with Gasteiger partial charge in [-0.05, 0) is 54.3 Å². The molecule has 2 heterocycles. The van der Waals surface area contributed by atoms with Crippen LogP contribution in [0.1, 0.15) is 48.5 Å². The van der Waals surface area contributed by atoms with Crippen LogP contribution in [0.5, 0.6) is 0 Å². The van der Waals surface area contributed by atoms with E-state index in [1.165, 1.54) is 5.39 Å². The third-order valence-electron chi connectivity index (χ3n) is 4.61. The van der Waals surface area contributed by atoms with Crippen molar-refractivity contribution in [2.75, 3.05) is 0 Å². The summed E-state index contributed by atoms with van der Waals surface area (Å²) in [6.45, 7) is 4.86. The van der Waals surface area contributed by atoms with Gasteiger partial charge < -0.3 is 14.4 Å². The predicted octanol–water partition coefficient (Wildman–Crippen LogP) is 4.16. The Labute approximate surface area is 147 Å². The number of carbonyl (C=O) groups excluding carboxylic acids is 1. The molecule has 0 atom stereocenters. The largest absolute Gasteiger partial charge is 0.361 e. The quantitative estimate of drug-likeness (QED) is 0.734. The van der Waals surface area contributed by atoms with Gasteiger partial charge in [0.25, 0.3) is 5.91 Å². The fourth-order valence-electron chi connectivity index (χ4n) is 3.22. The molecule has 1 aliphatic rings. The van der Waals surface area contributed by atoms with Crippen LogP contribution in [-0.2, 0) is 13.0 Å². The van der Waals surface area contributed by atoms with Crippen molar-refractivity contribution in [1.82, 2.24) is 15.0 Å². The maximum atomic E-state index is 12.9. The Morgan fingerprint density at radius 1 is 1.32 bits per heavy atom. The van der Waals surface area contributed by atoms with Gasteiger partial charge in [-0.15, -0.1) is 0 Å². The Hall–Kier alpha value is -2.56. The summed E-state index contributed by atoms with van der Waals surface area (Å²) in [4.78, 5) is 18.1. The van der Waals surface area contributed by atoms with Gasteiger partial charge in [0.2, 0.25) is 5.76 Å². The zero-order chi connectivity index (χ0) is 17.4. The molecule has 1 saturated carbocycles. The monoisotopic (exact) mass is 337 g/mol. The number of H-pyrrole nitrogens is 1. The Balaban J connectivity index is 1.54. The second-order valence-electron chi connectivity index (χ2n) is 7.34. The fourth-order valence-corrected chi connectivity index (χ4v) is 3.22. The van der Waals surface area contributed by atoms with E-state index in [0.717, 1.165) is 36.0 Å². The number of rotatable bonds is 6. The number of nitrogens with one attached hydrogen (secondary N) is 1. The highest BCUT2D eigenvalue weighted by Crippen LogP contribution is 2.30. The Morgan fingerprint density at radius 3 is 2.92 bits per heavy atom. The van der Waals surface area contributed by atoms with Crippen LogP contribution in [0.15, 0.2) is 41.1 Å². The van der Waals surface area contributed by atoms with Crippen LogP contribution in [-0.4, -0.2) is 27.0 Å². The number of nitrogens with zero attached hydrogens (tertiary/aromatic N) is 2. The Kier molecular flexibility index (Phi) is 4.07. The molecule has 0 radical (unpaired) electrons. The van der Waals surface area contributed by atoms with Gasteiger partial charge in [0.1, 0.15) is 0 Å². The van der Waals surface area contributed by atoms with Crippen molar-refractivity contribution in [2.24, 2.45) is 5.92 Å². The van der Waals surface area contributed by atoms with Crippen molar-refractivity contribution >= 4 is 16.8 Å². The summed E-state index contributed by atoms with van der Waals surface area (Å²) in [5.74, 6) is 0.783. The first-order valence-corrected chi connectivity index (χ1v) is 8.93. The number of benzene rings is 1. The number of hydrogen-bond acceptors (Lipinski definition) is 3. The smallest absolute Gasteiger partial charge is 0.293 e. The second-order valence-corrected chi connectivity index (χ2v) is 7.34. The third kappa shape index (κ3) is 3.45. The average molecular weight is 337 g/mol. The van der Waals surface area contributed by atoms with E-state index < -0.39 is 0 Å². The maximum Gasteiger partial charge on any atom is 0.293 e. The van der Waals surface area contributed by atoms with Crippen molar-refractivity contribution < 1.29 is 9.32 Å². The number of carbonyl (C=O) groups is 1. The lowest BCUT2D eigenvalue weighted by molar-refractivity contribution is 0.0687. The number of aromatic nitrogens is 2. The average Bonchev–Trinajstić information content (AvgIpc) is 3.13. The lowest BCUT2D eigenvalue weighted by Crippen LogP contribution is -2.32. The van der Waals surface area contributed by atoms with Gasteiger partial charge in [-0.1, -0.05) is 25.1 Å². The minimum absolute atomic E-state index is 0.0563. The number of aromatic amines is 1. The molecule has 0 unspecified atom stereocenters. The SMILES string of the molecule is CC(C)Cc1cc(C(=O)N(Cc2ccc3[nH]ccc3c2)C2CC2)on1.